The van der Waals surface area contributed by atoms with Crippen molar-refractivity contribution in [3.8, 4) is 33.6 Å². The summed E-state index contributed by atoms with van der Waals surface area (Å²) in [5, 5.41) is 16.1. The highest BCUT2D eigenvalue weighted by molar-refractivity contribution is 7.22. The van der Waals surface area contributed by atoms with Crippen molar-refractivity contribution in [1.29, 1.82) is 0 Å². The molecule has 0 unspecified atom stereocenters. The molecule has 4 heteroatoms. The minimum absolute atomic E-state index is 1.13. The van der Waals surface area contributed by atoms with Crippen LogP contribution >= 0.6 is 0 Å². The number of benzene rings is 12. The van der Waals surface area contributed by atoms with Crippen LogP contribution in [0.4, 0.5) is 0 Å². The Bertz CT molecular complexity index is 4350. The van der Waals surface area contributed by atoms with Gasteiger partial charge in [-0.25, -0.2) is 0 Å². The molecular weight excluding hydrogens is 949 g/mol. The van der Waals surface area contributed by atoms with E-state index in [0.717, 1.165) is 11.4 Å². The summed E-state index contributed by atoms with van der Waals surface area (Å²) < 4.78 is 5.02. The van der Waals surface area contributed by atoms with Gasteiger partial charge in [0.15, 0.2) is 16.1 Å². The van der Waals surface area contributed by atoms with Gasteiger partial charge in [-0.3, -0.25) is 0 Å². The van der Waals surface area contributed by atoms with E-state index >= 15 is 0 Å². The van der Waals surface area contributed by atoms with Crippen LogP contribution in [0.15, 0.2) is 303 Å². The number of rotatable bonds is 9. The van der Waals surface area contributed by atoms with Gasteiger partial charge >= 0.3 is 0 Å². The molecule has 0 bridgehead atoms. The summed E-state index contributed by atoms with van der Waals surface area (Å²) in [5.74, 6) is 0. The Morgan fingerprint density at radius 3 is 1.34 bits per heavy atom. The number of aromatic nitrogens is 2. The molecule has 0 spiro atoms. The number of hydrogen-bond donors (Lipinski definition) is 0. The lowest BCUT2D eigenvalue weighted by molar-refractivity contribution is 1.13. The van der Waals surface area contributed by atoms with E-state index in [1.165, 1.54) is 107 Å². The van der Waals surface area contributed by atoms with Crippen LogP contribution < -0.4 is 41.5 Å². The molecule has 1 aliphatic rings. The summed E-state index contributed by atoms with van der Waals surface area (Å²) in [5.41, 5.74) is 12.2. The molecule has 76 heavy (non-hydrogen) atoms. The van der Waals surface area contributed by atoms with Gasteiger partial charge in [-0.05, 0) is 106 Å². The van der Waals surface area contributed by atoms with Crippen molar-refractivity contribution < 1.29 is 0 Å². The first-order valence-electron chi connectivity index (χ1n) is 26.4. The number of para-hydroxylation sites is 3. The average molecular weight is 999 g/mol. The van der Waals surface area contributed by atoms with Crippen molar-refractivity contribution in [2.45, 2.75) is 0 Å². The van der Waals surface area contributed by atoms with Crippen molar-refractivity contribution in [3.63, 3.8) is 0 Å². The zero-order valence-electron chi connectivity index (χ0n) is 41.8. The first-order chi connectivity index (χ1) is 37.7. The van der Waals surface area contributed by atoms with Crippen molar-refractivity contribution in [2.75, 3.05) is 0 Å². The summed E-state index contributed by atoms with van der Waals surface area (Å²) in [4.78, 5) is 0. The molecule has 0 saturated heterocycles. The molecule has 2 nitrogen and oxygen atoms in total. The average Bonchev–Trinajstić information content (AvgIpc) is 4.20. The molecule has 0 aliphatic carbocycles. The van der Waals surface area contributed by atoms with E-state index in [0.29, 0.717) is 0 Å². The minimum atomic E-state index is -2.73. The fraction of sp³-hybridized carbons (Fsp3) is 0. The Labute approximate surface area is 444 Å². The third-order valence-corrected chi connectivity index (χ3v) is 26.2. The molecule has 14 aromatic rings. The van der Waals surface area contributed by atoms with Gasteiger partial charge in [0.2, 0.25) is 0 Å². The summed E-state index contributed by atoms with van der Waals surface area (Å²) in [7, 11) is -5.40. The fourth-order valence-electron chi connectivity index (χ4n) is 13.4. The maximum absolute atomic E-state index is 2.73. The van der Waals surface area contributed by atoms with Crippen LogP contribution in [0.5, 0.6) is 0 Å². The third-order valence-electron chi connectivity index (χ3n) is 16.6. The lowest BCUT2D eigenvalue weighted by Crippen LogP contribution is -2.74. The first-order valence-corrected chi connectivity index (χ1v) is 30.4. The second kappa shape index (κ2) is 17.7. The molecular formula is C72H50N2Si2. The van der Waals surface area contributed by atoms with E-state index in [4.69, 9.17) is 0 Å². The van der Waals surface area contributed by atoms with Crippen molar-refractivity contribution in [1.82, 2.24) is 9.13 Å². The fourth-order valence-corrected chi connectivity index (χ4v) is 23.4. The van der Waals surface area contributed by atoms with Crippen molar-refractivity contribution >= 4 is 101 Å². The lowest BCUT2D eigenvalue weighted by atomic mass is 9.99. The molecule has 0 N–H and O–H groups in total. The van der Waals surface area contributed by atoms with Gasteiger partial charge in [0.1, 0.15) is 0 Å². The summed E-state index contributed by atoms with van der Waals surface area (Å²) in [6.07, 6.45) is 0. The maximum Gasteiger partial charge on any atom is 0.180 e. The highest BCUT2D eigenvalue weighted by atomic mass is 28.3. The topological polar surface area (TPSA) is 9.86 Å². The number of hydrogen-bond acceptors (Lipinski definition) is 0. The standard InChI is InChI=1S/C72H50N2Si2/c1-6-23-54(24-7-1)75(55-25-8-2-9-26-55,56-27-10-3-11-28-56)59-45-43-53(44-46-59)73-66-37-19-16-33-60(66)64-36-22-39-69(72(64)73)74-67-38-20-17-34-61(67)65-49-51(42-48-68(65)74)52-41-47-63-62-35-18-21-40-70(62)76(71(63)50-52,57-29-12-4-13-30-57)58-31-14-5-15-32-58/h1-50H. The smallest absolute Gasteiger partial charge is 0.180 e. The summed E-state index contributed by atoms with van der Waals surface area (Å²) in [6, 6.07) is 114. The highest BCUT2D eigenvalue weighted by Gasteiger charge is 2.48. The maximum atomic E-state index is 2.54. The molecule has 0 amide bonds. The summed E-state index contributed by atoms with van der Waals surface area (Å²) >= 11 is 0. The molecule has 0 fully saturated rings. The normalized spacial score (nSPS) is 12.8. The van der Waals surface area contributed by atoms with Crippen LogP contribution in [-0.4, -0.2) is 25.3 Å². The molecule has 2 aromatic heterocycles. The summed E-state index contributed by atoms with van der Waals surface area (Å²) in [6.45, 7) is 0. The van der Waals surface area contributed by atoms with E-state index in [-0.39, 0.29) is 0 Å². The van der Waals surface area contributed by atoms with E-state index in [2.05, 4.69) is 312 Å². The predicted octanol–water partition coefficient (Wildman–Crippen LogP) is 12.3. The van der Waals surface area contributed by atoms with Gasteiger partial charge < -0.3 is 9.13 Å². The zero-order valence-corrected chi connectivity index (χ0v) is 43.8. The molecule has 3 heterocycles. The molecule has 12 aromatic carbocycles. The van der Waals surface area contributed by atoms with Crippen LogP contribution in [0.3, 0.4) is 0 Å². The van der Waals surface area contributed by atoms with Crippen LogP contribution in [0.1, 0.15) is 0 Å². The van der Waals surface area contributed by atoms with E-state index in [1.807, 2.05) is 0 Å². The van der Waals surface area contributed by atoms with Gasteiger partial charge in [-0.15, -0.1) is 0 Å². The second-order valence-corrected chi connectivity index (χ2v) is 27.8. The zero-order chi connectivity index (χ0) is 50.2. The molecule has 0 atom stereocenters. The van der Waals surface area contributed by atoms with Crippen molar-refractivity contribution in [2.24, 2.45) is 0 Å². The Morgan fingerprint density at radius 2 is 0.724 bits per heavy atom. The van der Waals surface area contributed by atoms with Crippen molar-refractivity contribution in [3.05, 3.63) is 303 Å². The van der Waals surface area contributed by atoms with E-state index in [9.17, 15) is 0 Å². The van der Waals surface area contributed by atoms with E-state index < -0.39 is 16.1 Å². The number of nitrogens with zero attached hydrogens (tertiary/aromatic N) is 2. The van der Waals surface area contributed by atoms with Gasteiger partial charge in [0, 0.05) is 27.2 Å². The Morgan fingerprint density at radius 1 is 0.276 bits per heavy atom. The first kappa shape index (κ1) is 44.2. The largest absolute Gasteiger partial charge is 0.307 e. The van der Waals surface area contributed by atoms with Crippen LogP contribution in [-0.2, 0) is 0 Å². The van der Waals surface area contributed by atoms with Gasteiger partial charge in [-0.2, -0.15) is 0 Å². The quantitative estimate of drug-likeness (QED) is 0.101. The van der Waals surface area contributed by atoms with Crippen LogP contribution in [0.25, 0.3) is 77.2 Å². The Hall–Kier alpha value is -9.33. The minimum Gasteiger partial charge on any atom is -0.307 e. The molecule has 1 aliphatic heterocycles. The molecule has 15 rings (SSSR count). The second-order valence-electron chi connectivity index (χ2n) is 20.3. The monoisotopic (exact) mass is 998 g/mol. The van der Waals surface area contributed by atoms with E-state index in [1.54, 1.807) is 0 Å². The molecule has 0 radical (unpaired) electrons. The van der Waals surface area contributed by atoms with Gasteiger partial charge in [0.05, 0.1) is 27.8 Å². The van der Waals surface area contributed by atoms with Crippen LogP contribution in [0, 0.1) is 0 Å². The Balaban J connectivity index is 0.918. The van der Waals surface area contributed by atoms with Crippen LogP contribution in [0.2, 0.25) is 0 Å². The number of fused-ring (bicyclic) bond motifs is 9. The molecule has 0 saturated carbocycles. The molecule has 356 valence electrons. The predicted molar refractivity (Wildman–Crippen MR) is 327 cm³/mol. The Kier molecular flexibility index (Phi) is 10.3. The highest BCUT2D eigenvalue weighted by Crippen LogP contribution is 2.41. The van der Waals surface area contributed by atoms with Gasteiger partial charge in [-0.1, -0.05) is 261 Å². The lowest BCUT2D eigenvalue weighted by Gasteiger charge is -2.34. The SMILES string of the molecule is c1ccc([Si](c2ccccc2)(c2ccccc2)c2ccc(-n3c4ccccc4c4cccc(-n5c6ccccc6c6cc(-c7ccc8c(c7)[Si](c7ccccc7)(c7ccccc7)c7ccccc7-8)ccc65)c43)cc2)cc1. The van der Waals surface area contributed by atoms with Gasteiger partial charge in [0.25, 0.3) is 0 Å². The third kappa shape index (κ3) is 6.45.